The molecule has 0 amide bonds. The molecule has 1 aliphatic heterocycles. The molecule has 0 saturated carbocycles. The summed E-state index contributed by atoms with van der Waals surface area (Å²) in [5.41, 5.74) is 4.68. The maximum Gasteiger partial charge on any atom is 0.0682 e. The molecule has 0 radical (unpaired) electrons. The molecule has 0 aromatic rings. The molecular weight excluding hydrogens is 142 g/mol. The number of hydrogen-bond donors (Lipinski definition) is 2. The molecule has 66 valence electrons. The molecule has 3 N–H and O–H groups in total. The first-order chi connectivity index (χ1) is 5.02. The molecule has 1 unspecified atom stereocenters. The first-order valence-corrected chi connectivity index (χ1v) is 4.02. The van der Waals surface area contributed by atoms with Gasteiger partial charge in [-0.2, -0.15) is 0 Å². The Kier molecular flexibility index (Phi) is 2.23. The number of ether oxygens (including phenoxy) is 1. The van der Waals surface area contributed by atoms with Crippen molar-refractivity contribution in [3.63, 3.8) is 0 Å². The average molecular weight is 159 g/mol. The standard InChI is InChI=1S/C8H17NO2/c1-7(2,10)8(5-9)3-4-11-6-8/h10H,3-6,9H2,1-2H3. The van der Waals surface area contributed by atoms with Crippen molar-refractivity contribution in [2.24, 2.45) is 11.1 Å². The van der Waals surface area contributed by atoms with Crippen LogP contribution in [0, 0.1) is 5.41 Å². The van der Waals surface area contributed by atoms with Crippen LogP contribution in [0.1, 0.15) is 20.3 Å². The summed E-state index contributed by atoms with van der Waals surface area (Å²) in [4.78, 5) is 0. The van der Waals surface area contributed by atoms with Crippen molar-refractivity contribution in [3.8, 4) is 0 Å². The van der Waals surface area contributed by atoms with Gasteiger partial charge >= 0.3 is 0 Å². The van der Waals surface area contributed by atoms with E-state index in [9.17, 15) is 5.11 Å². The molecule has 1 rings (SSSR count). The van der Waals surface area contributed by atoms with E-state index in [4.69, 9.17) is 10.5 Å². The molecule has 0 aromatic heterocycles. The molecule has 1 saturated heterocycles. The van der Waals surface area contributed by atoms with Gasteiger partial charge in [-0.05, 0) is 20.3 Å². The zero-order valence-electron chi connectivity index (χ0n) is 7.26. The Bertz CT molecular complexity index is 134. The highest BCUT2D eigenvalue weighted by Crippen LogP contribution is 2.38. The quantitative estimate of drug-likeness (QED) is 0.602. The van der Waals surface area contributed by atoms with Gasteiger partial charge in [0.2, 0.25) is 0 Å². The SMILES string of the molecule is CC(C)(O)C1(CN)CCOC1. The van der Waals surface area contributed by atoms with Gasteiger partial charge in [0.05, 0.1) is 12.2 Å². The number of rotatable bonds is 2. The second-order valence-electron chi connectivity index (χ2n) is 3.85. The first kappa shape index (κ1) is 8.97. The van der Waals surface area contributed by atoms with Gasteiger partial charge in [-0.15, -0.1) is 0 Å². The summed E-state index contributed by atoms with van der Waals surface area (Å²) in [5.74, 6) is 0. The highest BCUT2D eigenvalue weighted by atomic mass is 16.5. The van der Waals surface area contributed by atoms with Crippen LogP contribution >= 0.6 is 0 Å². The number of hydrogen-bond acceptors (Lipinski definition) is 3. The van der Waals surface area contributed by atoms with Gasteiger partial charge in [-0.1, -0.05) is 0 Å². The summed E-state index contributed by atoms with van der Waals surface area (Å²) in [6, 6.07) is 0. The van der Waals surface area contributed by atoms with Crippen LogP contribution in [0.15, 0.2) is 0 Å². The van der Waals surface area contributed by atoms with E-state index in [0.717, 1.165) is 13.0 Å². The molecule has 3 heteroatoms. The van der Waals surface area contributed by atoms with E-state index < -0.39 is 5.60 Å². The Labute approximate surface area is 67.5 Å². The lowest BCUT2D eigenvalue weighted by atomic mass is 9.73. The van der Waals surface area contributed by atoms with Crippen LogP contribution in [0.4, 0.5) is 0 Å². The molecule has 1 heterocycles. The Morgan fingerprint density at radius 3 is 2.45 bits per heavy atom. The number of aliphatic hydroxyl groups is 1. The molecule has 0 bridgehead atoms. The van der Waals surface area contributed by atoms with Crippen LogP contribution in [0.25, 0.3) is 0 Å². The lowest BCUT2D eigenvalue weighted by molar-refractivity contribution is -0.0536. The summed E-state index contributed by atoms with van der Waals surface area (Å²) in [5, 5.41) is 9.81. The minimum atomic E-state index is -0.724. The maximum absolute atomic E-state index is 9.81. The average Bonchev–Trinajstić information content (AvgIpc) is 2.33. The van der Waals surface area contributed by atoms with Gasteiger partial charge in [0.25, 0.3) is 0 Å². The second kappa shape index (κ2) is 2.73. The molecule has 3 nitrogen and oxygen atoms in total. The summed E-state index contributed by atoms with van der Waals surface area (Å²) in [6.45, 7) is 5.41. The van der Waals surface area contributed by atoms with Crippen molar-refractivity contribution in [3.05, 3.63) is 0 Å². The van der Waals surface area contributed by atoms with Gasteiger partial charge in [0.1, 0.15) is 0 Å². The summed E-state index contributed by atoms with van der Waals surface area (Å²) >= 11 is 0. The number of nitrogens with two attached hydrogens (primary N) is 1. The Balaban J connectivity index is 2.75. The van der Waals surface area contributed by atoms with E-state index in [0.29, 0.717) is 13.2 Å². The van der Waals surface area contributed by atoms with E-state index in [2.05, 4.69) is 0 Å². The second-order valence-corrected chi connectivity index (χ2v) is 3.85. The summed E-state index contributed by atoms with van der Waals surface area (Å²) < 4.78 is 5.24. The van der Waals surface area contributed by atoms with Crippen LogP contribution in [0.2, 0.25) is 0 Å². The van der Waals surface area contributed by atoms with Gasteiger partial charge in [-0.3, -0.25) is 0 Å². The molecule has 1 aliphatic rings. The van der Waals surface area contributed by atoms with Crippen molar-refractivity contribution < 1.29 is 9.84 Å². The minimum absolute atomic E-state index is 0.215. The third kappa shape index (κ3) is 1.41. The summed E-state index contributed by atoms with van der Waals surface area (Å²) in [6.07, 6.45) is 0.868. The first-order valence-electron chi connectivity index (χ1n) is 4.02. The largest absolute Gasteiger partial charge is 0.390 e. The highest BCUT2D eigenvalue weighted by molar-refractivity contribution is 4.96. The van der Waals surface area contributed by atoms with Crippen LogP contribution in [-0.4, -0.2) is 30.5 Å². The monoisotopic (exact) mass is 159 g/mol. The molecule has 1 fully saturated rings. The zero-order valence-corrected chi connectivity index (χ0v) is 7.26. The van der Waals surface area contributed by atoms with Crippen molar-refractivity contribution >= 4 is 0 Å². The fraction of sp³-hybridized carbons (Fsp3) is 1.00. The fourth-order valence-corrected chi connectivity index (χ4v) is 1.50. The highest BCUT2D eigenvalue weighted by Gasteiger charge is 2.45. The van der Waals surface area contributed by atoms with Gasteiger partial charge in [0, 0.05) is 18.6 Å². The van der Waals surface area contributed by atoms with E-state index >= 15 is 0 Å². The van der Waals surface area contributed by atoms with Crippen molar-refractivity contribution in [2.75, 3.05) is 19.8 Å². The third-order valence-corrected chi connectivity index (χ3v) is 2.79. The molecule has 0 aromatic carbocycles. The fourth-order valence-electron chi connectivity index (χ4n) is 1.50. The van der Waals surface area contributed by atoms with E-state index in [1.807, 2.05) is 0 Å². The van der Waals surface area contributed by atoms with Crippen molar-refractivity contribution in [1.29, 1.82) is 0 Å². The lowest BCUT2D eigenvalue weighted by Crippen LogP contribution is -2.49. The van der Waals surface area contributed by atoms with Crippen molar-refractivity contribution in [2.45, 2.75) is 25.9 Å². The van der Waals surface area contributed by atoms with E-state index in [-0.39, 0.29) is 5.41 Å². The molecule has 0 spiro atoms. The van der Waals surface area contributed by atoms with Crippen LogP contribution in [0.3, 0.4) is 0 Å². The van der Waals surface area contributed by atoms with Crippen LogP contribution in [0.5, 0.6) is 0 Å². The molecular formula is C8H17NO2. The predicted octanol–water partition coefficient (Wildman–Crippen LogP) is 0.123. The smallest absolute Gasteiger partial charge is 0.0682 e. The molecule has 1 atom stereocenters. The Morgan fingerprint density at radius 1 is 1.64 bits per heavy atom. The van der Waals surface area contributed by atoms with E-state index in [1.165, 1.54) is 0 Å². The Hall–Kier alpha value is -0.120. The normalized spacial score (nSPS) is 32.7. The molecule has 11 heavy (non-hydrogen) atoms. The Morgan fingerprint density at radius 2 is 2.27 bits per heavy atom. The molecule has 0 aliphatic carbocycles. The topological polar surface area (TPSA) is 55.5 Å². The maximum atomic E-state index is 9.81. The van der Waals surface area contributed by atoms with Gasteiger partial charge in [0.15, 0.2) is 0 Å². The van der Waals surface area contributed by atoms with Gasteiger partial charge < -0.3 is 15.6 Å². The van der Waals surface area contributed by atoms with Crippen molar-refractivity contribution in [1.82, 2.24) is 0 Å². The predicted molar refractivity (Wildman–Crippen MR) is 43.2 cm³/mol. The summed E-state index contributed by atoms with van der Waals surface area (Å²) in [7, 11) is 0. The van der Waals surface area contributed by atoms with Crippen LogP contribution < -0.4 is 5.73 Å². The minimum Gasteiger partial charge on any atom is -0.390 e. The zero-order chi connectivity index (χ0) is 8.54. The van der Waals surface area contributed by atoms with E-state index in [1.54, 1.807) is 13.8 Å². The van der Waals surface area contributed by atoms with Crippen LogP contribution in [-0.2, 0) is 4.74 Å². The lowest BCUT2D eigenvalue weighted by Gasteiger charge is -2.37. The van der Waals surface area contributed by atoms with Gasteiger partial charge in [-0.25, -0.2) is 0 Å². The third-order valence-electron chi connectivity index (χ3n) is 2.79.